The molecule has 1 unspecified atom stereocenters. The number of rotatable bonds is 11. The van der Waals surface area contributed by atoms with Gasteiger partial charge in [0.2, 0.25) is 0 Å². The minimum Gasteiger partial charge on any atom is -0.508 e. The molecule has 0 aromatic heterocycles. The maximum absolute atomic E-state index is 9.67. The van der Waals surface area contributed by atoms with Crippen LogP contribution in [-0.4, -0.2) is 17.8 Å². The van der Waals surface area contributed by atoms with Gasteiger partial charge in [0.15, 0.2) is 0 Å². The van der Waals surface area contributed by atoms with Crippen molar-refractivity contribution in [3.05, 3.63) is 29.8 Å². The van der Waals surface area contributed by atoms with Crippen LogP contribution in [0.25, 0.3) is 0 Å². The van der Waals surface area contributed by atoms with E-state index in [1.807, 2.05) is 18.2 Å². The van der Waals surface area contributed by atoms with Gasteiger partial charge in [-0.25, -0.2) is 0 Å². The van der Waals surface area contributed by atoms with E-state index in [-0.39, 0.29) is 0 Å². The van der Waals surface area contributed by atoms with Gasteiger partial charge in [0, 0.05) is 0 Å². The summed E-state index contributed by atoms with van der Waals surface area (Å²) in [7, 11) is 0. The van der Waals surface area contributed by atoms with Gasteiger partial charge in [-0.3, -0.25) is 0 Å². The summed E-state index contributed by atoms with van der Waals surface area (Å²) < 4.78 is 5.21. The van der Waals surface area contributed by atoms with Crippen LogP contribution in [0.3, 0.4) is 0 Å². The van der Waals surface area contributed by atoms with E-state index in [4.69, 9.17) is 4.74 Å². The maximum atomic E-state index is 9.67. The van der Waals surface area contributed by atoms with Crippen LogP contribution in [0.4, 0.5) is 0 Å². The Morgan fingerprint density at radius 2 is 1.50 bits per heavy atom. The number of aromatic hydroxyl groups is 1. The fraction of sp³-hybridized carbons (Fsp3) is 0.667. The first-order valence-electron chi connectivity index (χ1n) is 8.25. The highest BCUT2D eigenvalue weighted by Crippen LogP contribution is 2.20. The summed E-state index contributed by atoms with van der Waals surface area (Å²) in [5.41, 5.74) is 1.09. The molecule has 0 amide bonds. The van der Waals surface area contributed by atoms with Gasteiger partial charge < -0.3 is 9.84 Å². The standard InChI is InChI=1S/C18H28O2/c19-18-14-10-9-12-16(18)11-7-5-3-1-2-4-6-8-13-17-15-20-17/h9-10,12,14,17,19H,1-8,11,13,15H2. The molecule has 0 aliphatic carbocycles. The number of para-hydroxylation sites is 1. The Morgan fingerprint density at radius 3 is 2.15 bits per heavy atom. The molecule has 0 radical (unpaired) electrons. The van der Waals surface area contributed by atoms with Crippen LogP contribution < -0.4 is 0 Å². The van der Waals surface area contributed by atoms with Crippen molar-refractivity contribution in [1.29, 1.82) is 0 Å². The second-order valence-corrected chi connectivity index (χ2v) is 5.95. The molecule has 1 aromatic carbocycles. The largest absolute Gasteiger partial charge is 0.508 e. The van der Waals surface area contributed by atoms with Gasteiger partial charge in [-0.2, -0.15) is 0 Å². The highest BCUT2D eigenvalue weighted by Gasteiger charge is 2.20. The van der Waals surface area contributed by atoms with Crippen LogP contribution in [0.15, 0.2) is 24.3 Å². The molecule has 1 N–H and O–H groups in total. The van der Waals surface area contributed by atoms with Crippen LogP contribution in [0.5, 0.6) is 5.75 Å². The van der Waals surface area contributed by atoms with E-state index in [1.54, 1.807) is 6.07 Å². The van der Waals surface area contributed by atoms with Crippen LogP contribution in [0.2, 0.25) is 0 Å². The Bertz CT molecular complexity index is 371. The van der Waals surface area contributed by atoms with Crippen molar-refractivity contribution in [2.24, 2.45) is 0 Å². The van der Waals surface area contributed by atoms with Gasteiger partial charge in [-0.05, 0) is 30.9 Å². The van der Waals surface area contributed by atoms with E-state index in [0.717, 1.165) is 18.6 Å². The summed E-state index contributed by atoms with van der Waals surface area (Å²) in [4.78, 5) is 0. The van der Waals surface area contributed by atoms with Crippen LogP contribution in [-0.2, 0) is 11.2 Å². The Hall–Kier alpha value is -1.02. The van der Waals surface area contributed by atoms with E-state index in [0.29, 0.717) is 11.9 Å². The van der Waals surface area contributed by atoms with Gasteiger partial charge in [-0.15, -0.1) is 0 Å². The number of phenolic OH excluding ortho intramolecular Hbond substituents is 1. The van der Waals surface area contributed by atoms with Gasteiger partial charge in [-0.1, -0.05) is 63.1 Å². The number of hydrogen-bond acceptors (Lipinski definition) is 2. The van der Waals surface area contributed by atoms with Crippen LogP contribution >= 0.6 is 0 Å². The lowest BCUT2D eigenvalue weighted by atomic mass is 10.0. The first-order valence-corrected chi connectivity index (χ1v) is 8.25. The third-order valence-corrected chi connectivity index (χ3v) is 4.12. The summed E-state index contributed by atoms with van der Waals surface area (Å²) in [5.74, 6) is 0.451. The lowest BCUT2D eigenvalue weighted by molar-refractivity contribution is 0.387. The smallest absolute Gasteiger partial charge is 0.118 e. The van der Waals surface area contributed by atoms with Gasteiger partial charge in [0.1, 0.15) is 5.75 Å². The average molecular weight is 276 g/mol. The third kappa shape index (κ3) is 6.42. The molecule has 0 bridgehead atoms. The lowest BCUT2D eigenvalue weighted by Gasteiger charge is -2.04. The second-order valence-electron chi connectivity index (χ2n) is 5.95. The summed E-state index contributed by atoms with van der Waals surface area (Å²) in [5, 5.41) is 9.67. The van der Waals surface area contributed by atoms with Gasteiger partial charge >= 0.3 is 0 Å². The summed E-state index contributed by atoms with van der Waals surface area (Å²) in [6, 6.07) is 7.69. The van der Waals surface area contributed by atoms with Crippen molar-refractivity contribution in [2.75, 3.05) is 6.61 Å². The first kappa shape index (κ1) is 15.4. The molecule has 20 heavy (non-hydrogen) atoms. The van der Waals surface area contributed by atoms with Crippen LogP contribution in [0.1, 0.15) is 63.4 Å². The second kappa shape index (κ2) is 9.02. The first-order chi connectivity index (χ1) is 9.86. The van der Waals surface area contributed by atoms with Crippen molar-refractivity contribution in [1.82, 2.24) is 0 Å². The monoisotopic (exact) mass is 276 g/mol. The fourth-order valence-electron chi connectivity index (χ4n) is 2.71. The number of unbranched alkanes of at least 4 members (excludes halogenated alkanes) is 7. The molecule has 1 aliphatic rings. The highest BCUT2D eigenvalue weighted by atomic mass is 16.6. The molecule has 1 heterocycles. The van der Waals surface area contributed by atoms with E-state index >= 15 is 0 Å². The number of epoxide rings is 1. The quantitative estimate of drug-likeness (QED) is 0.463. The molecule has 1 saturated heterocycles. The molecule has 0 saturated carbocycles. The number of hydrogen-bond donors (Lipinski definition) is 1. The minimum absolute atomic E-state index is 0.451. The van der Waals surface area contributed by atoms with Crippen molar-refractivity contribution < 1.29 is 9.84 Å². The van der Waals surface area contributed by atoms with Crippen molar-refractivity contribution >= 4 is 0 Å². The van der Waals surface area contributed by atoms with E-state index in [1.165, 1.54) is 57.8 Å². The molecule has 0 spiro atoms. The normalized spacial score (nSPS) is 17.3. The molecule has 1 aromatic rings. The van der Waals surface area contributed by atoms with Gasteiger partial charge in [0.05, 0.1) is 12.7 Å². The number of benzene rings is 1. The number of aryl methyl sites for hydroxylation is 1. The summed E-state index contributed by atoms with van der Waals surface area (Å²) in [6.45, 7) is 1.01. The lowest BCUT2D eigenvalue weighted by Crippen LogP contribution is -1.88. The average Bonchev–Trinajstić information content (AvgIpc) is 3.27. The summed E-state index contributed by atoms with van der Waals surface area (Å²) in [6.07, 6.45) is 13.5. The Kier molecular flexibility index (Phi) is 6.93. The topological polar surface area (TPSA) is 32.8 Å². The van der Waals surface area contributed by atoms with E-state index in [9.17, 15) is 5.11 Å². The minimum atomic E-state index is 0.451. The molecule has 1 atom stereocenters. The van der Waals surface area contributed by atoms with Crippen LogP contribution in [0, 0.1) is 0 Å². The third-order valence-electron chi connectivity index (χ3n) is 4.12. The SMILES string of the molecule is Oc1ccccc1CCCCCCCCCCC1CO1. The molecule has 1 aliphatic heterocycles. The molecule has 2 heteroatoms. The molecular weight excluding hydrogens is 248 g/mol. The van der Waals surface area contributed by atoms with Crippen molar-refractivity contribution in [3.63, 3.8) is 0 Å². The Balaban J connectivity index is 1.37. The number of phenols is 1. The van der Waals surface area contributed by atoms with Crippen molar-refractivity contribution in [2.45, 2.75) is 70.3 Å². The highest BCUT2D eigenvalue weighted by molar-refractivity contribution is 5.31. The number of ether oxygens (including phenoxy) is 1. The Labute approximate surface area is 123 Å². The maximum Gasteiger partial charge on any atom is 0.118 e. The van der Waals surface area contributed by atoms with Crippen molar-refractivity contribution in [3.8, 4) is 5.75 Å². The fourth-order valence-corrected chi connectivity index (χ4v) is 2.71. The predicted octanol–water partition coefficient (Wildman–Crippen LogP) is 4.84. The van der Waals surface area contributed by atoms with E-state index in [2.05, 4.69) is 0 Å². The molecule has 2 nitrogen and oxygen atoms in total. The predicted molar refractivity (Wildman–Crippen MR) is 83.1 cm³/mol. The molecule has 1 fully saturated rings. The molecular formula is C18H28O2. The Morgan fingerprint density at radius 1 is 0.900 bits per heavy atom. The molecule has 112 valence electrons. The molecule has 2 rings (SSSR count). The van der Waals surface area contributed by atoms with E-state index < -0.39 is 0 Å². The zero-order valence-electron chi connectivity index (χ0n) is 12.5. The zero-order valence-corrected chi connectivity index (χ0v) is 12.5. The van der Waals surface area contributed by atoms with Gasteiger partial charge in [0.25, 0.3) is 0 Å². The zero-order chi connectivity index (χ0) is 14.0. The summed E-state index contributed by atoms with van der Waals surface area (Å²) >= 11 is 0.